The molecule has 0 bridgehead atoms. The summed E-state index contributed by atoms with van der Waals surface area (Å²) in [6.45, 7) is 0.491. The summed E-state index contributed by atoms with van der Waals surface area (Å²) in [7, 11) is 0. The molecule has 3 nitrogen and oxygen atoms in total. The molecule has 0 saturated heterocycles. The minimum absolute atomic E-state index is 0.163. The summed E-state index contributed by atoms with van der Waals surface area (Å²) >= 11 is 0. The summed E-state index contributed by atoms with van der Waals surface area (Å²) in [6, 6.07) is 12.3. The van der Waals surface area contributed by atoms with Crippen LogP contribution in [0.5, 0.6) is 5.75 Å². The minimum atomic E-state index is -4.35. The molecule has 0 saturated carbocycles. The first-order valence-corrected chi connectivity index (χ1v) is 7.58. The highest BCUT2D eigenvalue weighted by molar-refractivity contribution is 5.79. The summed E-state index contributed by atoms with van der Waals surface area (Å²) in [5.74, 6) is 0.336. The van der Waals surface area contributed by atoms with Gasteiger partial charge in [0, 0.05) is 6.54 Å². The molecule has 1 atom stereocenters. The van der Waals surface area contributed by atoms with Crippen LogP contribution in [0.4, 0.5) is 13.2 Å². The normalized spacial score (nSPS) is 16.9. The van der Waals surface area contributed by atoms with E-state index < -0.39 is 11.7 Å². The van der Waals surface area contributed by atoms with E-state index in [-0.39, 0.29) is 18.4 Å². The Morgan fingerprint density at radius 2 is 1.83 bits per heavy atom. The Kier molecular flexibility index (Phi) is 4.46. The molecule has 0 radical (unpaired) electrons. The van der Waals surface area contributed by atoms with Crippen molar-refractivity contribution in [1.29, 1.82) is 0 Å². The van der Waals surface area contributed by atoms with E-state index in [9.17, 15) is 18.0 Å². The van der Waals surface area contributed by atoms with Crippen LogP contribution in [0.15, 0.2) is 48.5 Å². The standard InChI is InChI=1S/C18H16F3NO2/c19-18(20,21)15-7-5-12(6-8-15)10-22-17(23)14-9-13-3-1-2-4-16(13)24-11-14/h1-8,14H,9-11H2,(H,22,23)/t14-/m1/s1. The van der Waals surface area contributed by atoms with Gasteiger partial charge in [-0.25, -0.2) is 0 Å². The number of carbonyl (C=O) groups excluding carboxylic acids is 1. The minimum Gasteiger partial charge on any atom is -0.492 e. The van der Waals surface area contributed by atoms with Crippen LogP contribution in [0, 0.1) is 5.92 Å². The lowest BCUT2D eigenvalue weighted by Crippen LogP contribution is -2.37. The fourth-order valence-electron chi connectivity index (χ4n) is 2.64. The van der Waals surface area contributed by atoms with Gasteiger partial charge < -0.3 is 10.1 Å². The largest absolute Gasteiger partial charge is 0.492 e. The van der Waals surface area contributed by atoms with Crippen LogP contribution < -0.4 is 10.1 Å². The molecule has 1 aliphatic rings. The molecule has 0 spiro atoms. The maximum Gasteiger partial charge on any atom is 0.416 e. The Balaban J connectivity index is 1.56. The van der Waals surface area contributed by atoms with E-state index in [2.05, 4.69) is 5.32 Å². The van der Waals surface area contributed by atoms with Crippen molar-refractivity contribution >= 4 is 5.91 Å². The molecular weight excluding hydrogens is 319 g/mol. The second-order valence-corrected chi connectivity index (χ2v) is 5.73. The second kappa shape index (κ2) is 6.55. The Hall–Kier alpha value is -2.50. The maximum atomic E-state index is 12.5. The van der Waals surface area contributed by atoms with Gasteiger partial charge in [-0.1, -0.05) is 30.3 Å². The highest BCUT2D eigenvalue weighted by Gasteiger charge is 2.30. The number of amides is 1. The quantitative estimate of drug-likeness (QED) is 0.931. The molecule has 0 fully saturated rings. The number of ether oxygens (including phenoxy) is 1. The van der Waals surface area contributed by atoms with Crippen LogP contribution in [0.1, 0.15) is 16.7 Å². The van der Waals surface area contributed by atoms with Crippen molar-refractivity contribution in [1.82, 2.24) is 5.32 Å². The van der Waals surface area contributed by atoms with Crippen molar-refractivity contribution in [2.24, 2.45) is 5.92 Å². The first-order valence-electron chi connectivity index (χ1n) is 7.58. The number of fused-ring (bicyclic) bond motifs is 1. The van der Waals surface area contributed by atoms with Crippen LogP contribution in [-0.2, 0) is 23.9 Å². The molecule has 6 heteroatoms. The number of hydrogen-bond donors (Lipinski definition) is 1. The van der Waals surface area contributed by atoms with E-state index in [4.69, 9.17) is 4.74 Å². The molecule has 0 aromatic heterocycles. The van der Waals surface area contributed by atoms with Crippen molar-refractivity contribution in [3.05, 3.63) is 65.2 Å². The highest BCUT2D eigenvalue weighted by atomic mass is 19.4. The second-order valence-electron chi connectivity index (χ2n) is 5.73. The van der Waals surface area contributed by atoms with Crippen LogP contribution in [0.25, 0.3) is 0 Å². The van der Waals surface area contributed by atoms with Gasteiger partial charge in [-0.3, -0.25) is 4.79 Å². The molecular formula is C18H16F3NO2. The number of para-hydroxylation sites is 1. The predicted molar refractivity (Wildman–Crippen MR) is 82.4 cm³/mol. The number of nitrogens with one attached hydrogen (secondary N) is 1. The van der Waals surface area contributed by atoms with Gasteiger partial charge in [-0.15, -0.1) is 0 Å². The van der Waals surface area contributed by atoms with Crippen molar-refractivity contribution < 1.29 is 22.7 Å². The topological polar surface area (TPSA) is 38.3 Å². The van der Waals surface area contributed by atoms with E-state index in [1.807, 2.05) is 24.3 Å². The van der Waals surface area contributed by atoms with Crippen LogP contribution in [0.3, 0.4) is 0 Å². The van der Waals surface area contributed by atoms with Crippen LogP contribution in [-0.4, -0.2) is 12.5 Å². The Morgan fingerprint density at radius 1 is 1.12 bits per heavy atom. The Labute approximate surface area is 137 Å². The van der Waals surface area contributed by atoms with Gasteiger partial charge >= 0.3 is 6.18 Å². The van der Waals surface area contributed by atoms with E-state index in [0.717, 1.165) is 23.4 Å². The molecule has 24 heavy (non-hydrogen) atoms. The molecule has 0 aliphatic carbocycles. The van der Waals surface area contributed by atoms with Crippen LogP contribution in [0.2, 0.25) is 0 Å². The van der Waals surface area contributed by atoms with Crippen molar-refractivity contribution in [2.45, 2.75) is 19.1 Å². The zero-order valence-corrected chi connectivity index (χ0v) is 12.8. The highest BCUT2D eigenvalue weighted by Crippen LogP contribution is 2.29. The third-order valence-electron chi connectivity index (χ3n) is 4.00. The van der Waals surface area contributed by atoms with Crippen LogP contribution >= 0.6 is 0 Å². The van der Waals surface area contributed by atoms with Gasteiger partial charge in [0.05, 0.1) is 11.5 Å². The maximum absolute atomic E-state index is 12.5. The van der Waals surface area contributed by atoms with E-state index in [1.165, 1.54) is 12.1 Å². The van der Waals surface area contributed by atoms with E-state index in [1.54, 1.807) is 0 Å². The van der Waals surface area contributed by atoms with Gasteiger partial charge in [-0.05, 0) is 35.7 Å². The number of carbonyl (C=O) groups is 1. The molecule has 2 aromatic rings. The summed E-state index contributed by atoms with van der Waals surface area (Å²) in [6.07, 6.45) is -3.76. The summed E-state index contributed by atoms with van der Waals surface area (Å²) < 4.78 is 43.1. The lowest BCUT2D eigenvalue weighted by atomic mass is 9.96. The third kappa shape index (κ3) is 3.69. The van der Waals surface area contributed by atoms with Gasteiger partial charge in [0.25, 0.3) is 0 Å². The molecule has 1 amide bonds. The third-order valence-corrected chi connectivity index (χ3v) is 4.00. The van der Waals surface area contributed by atoms with E-state index in [0.29, 0.717) is 18.6 Å². The fourth-order valence-corrected chi connectivity index (χ4v) is 2.64. The number of alkyl halides is 3. The molecule has 1 aliphatic heterocycles. The predicted octanol–water partition coefficient (Wildman–Crippen LogP) is 3.57. The van der Waals surface area contributed by atoms with Crippen molar-refractivity contribution in [3.8, 4) is 5.75 Å². The van der Waals surface area contributed by atoms with Crippen molar-refractivity contribution in [3.63, 3.8) is 0 Å². The first-order chi connectivity index (χ1) is 11.4. The van der Waals surface area contributed by atoms with Gasteiger partial charge in [0.15, 0.2) is 0 Å². The number of hydrogen-bond acceptors (Lipinski definition) is 2. The number of halogens is 3. The molecule has 0 unspecified atom stereocenters. The van der Waals surface area contributed by atoms with Crippen molar-refractivity contribution in [2.75, 3.05) is 6.61 Å². The molecule has 1 heterocycles. The Morgan fingerprint density at radius 3 is 2.54 bits per heavy atom. The number of rotatable bonds is 3. The van der Waals surface area contributed by atoms with E-state index >= 15 is 0 Å². The first kappa shape index (κ1) is 16.4. The van der Waals surface area contributed by atoms with Gasteiger partial charge in [0.2, 0.25) is 5.91 Å². The number of benzene rings is 2. The monoisotopic (exact) mass is 335 g/mol. The molecule has 126 valence electrons. The zero-order chi connectivity index (χ0) is 17.2. The van der Waals surface area contributed by atoms with Gasteiger partial charge in [0.1, 0.15) is 12.4 Å². The smallest absolute Gasteiger partial charge is 0.416 e. The lowest BCUT2D eigenvalue weighted by Gasteiger charge is -2.24. The average Bonchev–Trinajstić information content (AvgIpc) is 2.59. The molecule has 2 aromatic carbocycles. The SMILES string of the molecule is O=C(NCc1ccc(C(F)(F)F)cc1)[C@H]1COc2ccccc2C1. The fraction of sp³-hybridized carbons (Fsp3) is 0.278. The molecule has 1 N–H and O–H groups in total. The lowest BCUT2D eigenvalue weighted by molar-refractivity contribution is -0.137. The summed E-state index contributed by atoms with van der Waals surface area (Å²) in [5, 5.41) is 2.76. The molecule has 3 rings (SSSR count). The average molecular weight is 335 g/mol. The Bertz CT molecular complexity index is 726. The van der Waals surface area contributed by atoms with Gasteiger partial charge in [-0.2, -0.15) is 13.2 Å². The summed E-state index contributed by atoms with van der Waals surface area (Å²) in [5.41, 5.74) is 0.904. The zero-order valence-electron chi connectivity index (χ0n) is 12.8. The summed E-state index contributed by atoms with van der Waals surface area (Å²) in [4.78, 5) is 12.2.